The normalized spacial score (nSPS) is 18.6. The van der Waals surface area contributed by atoms with Crippen molar-refractivity contribution in [3.8, 4) is 0 Å². The number of morpholine rings is 1. The molecule has 1 saturated heterocycles. The molecule has 106 valence electrons. The molecule has 0 radical (unpaired) electrons. The number of benzene rings is 1. The first-order valence-corrected chi connectivity index (χ1v) is 6.02. The Kier molecular flexibility index (Phi) is 3.99. The minimum atomic E-state index is -1.10. The summed E-state index contributed by atoms with van der Waals surface area (Å²) in [5.74, 6) is -2.07. The number of carbonyl (C=O) groups excluding carboxylic acids is 2. The molecular formula is C13H14N2O5. The highest BCUT2D eigenvalue weighted by atomic mass is 16.5. The van der Waals surface area contributed by atoms with Crippen molar-refractivity contribution in [1.82, 2.24) is 4.90 Å². The molecule has 0 unspecified atom stereocenters. The van der Waals surface area contributed by atoms with Crippen LogP contribution in [0.1, 0.15) is 20.7 Å². The lowest BCUT2D eigenvalue weighted by Crippen LogP contribution is -2.50. The highest BCUT2D eigenvalue weighted by Gasteiger charge is 2.28. The second-order valence-corrected chi connectivity index (χ2v) is 4.40. The van der Waals surface area contributed by atoms with Gasteiger partial charge < -0.3 is 20.5 Å². The van der Waals surface area contributed by atoms with E-state index in [2.05, 4.69) is 0 Å². The molecule has 0 bridgehead atoms. The Morgan fingerprint density at radius 1 is 1.30 bits per heavy atom. The predicted molar refractivity (Wildman–Crippen MR) is 68.2 cm³/mol. The molecule has 7 nitrogen and oxygen atoms in total. The second kappa shape index (κ2) is 5.70. The summed E-state index contributed by atoms with van der Waals surface area (Å²) in [6, 6.07) is 5.75. The summed E-state index contributed by atoms with van der Waals surface area (Å²) in [6.07, 6.45) is -0.824. The molecule has 0 aromatic heterocycles. The van der Waals surface area contributed by atoms with E-state index in [0.29, 0.717) is 6.54 Å². The van der Waals surface area contributed by atoms with Crippen LogP contribution in [-0.4, -0.2) is 53.6 Å². The summed E-state index contributed by atoms with van der Waals surface area (Å²) in [5, 5.41) is 8.91. The van der Waals surface area contributed by atoms with Gasteiger partial charge in [0.05, 0.1) is 18.7 Å². The van der Waals surface area contributed by atoms with Crippen molar-refractivity contribution in [3.05, 3.63) is 35.4 Å². The number of rotatable bonds is 3. The van der Waals surface area contributed by atoms with Gasteiger partial charge in [-0.1, -0.05) is 6.07 Å². The SMILES string of the molecule is NC(=O)[C@H]1CN(C(=O)c2cccc(C(=O)O)c2)CCO1. The number of hydrogen-bond acceptors (Lipinski definition) is 4. The average Bonchev–Trinajstić information content (AvgIpc) is 2.46. The molecule has 2 amide bonds. The first kappa shape index (κ1) is 14.0. The predicted octanol–water partition coefficient (Wildman–Crippen LogP) is -0.289. The maximum absolute atomic E-state index is 12.3. The highest BCUT2D eigenvalue weighted by molar-refractivity contribution is 5.97. The quantitative estimate of drug-likeness (QED) is 0.789. The summed E-state index contributed by atoms with van der Waals surface area (Å²) >= 11 is 0. The van der Waals surface area contributed by atoms with Gasteiger partial charge >= 0.3 is 5.97 Å². The lowest BCUT2D eigenvalue weighted by atomic mass is 10.1. The van der Waals surface area contributed by atoms with Crippen LogP contribution in [-0.2, 0) is 9.53 Å². The van der Waals surface area contributed by atoms with Crippen LogP contribution in [0.4, 0.5) is 0 Å². The minimum absolute atomic E-state index is 0.0376. The molecule has 0 aliphatic carbocycles. The van der Waals surface area contributed by atoms with Crippen LogP contribution in [0.15, 0.2) is 24.3 Å². The first-order chi connectivity index (χ1) is 9.49. The Balaban J connectivity index is 2.16. The molecule has 0 spiro atoms. The van der Waals surface area contributed by atoms with Gasteiger partial charge in [-0.3, -0.25) is 9.59 Å². The van der Waals surface area contributed by atoms with Crippen molar-refractivity contribution in [2.24, 2.45) is 5.73 Å². The third kappa shape index (κ3) is 2.94. The third-order valence-electron chi connectivity index (χ3n) is 3.03. The number of amides is 2. The fourth-order valence-electron chi connectivity index (χ4n) is 1.97. The van der Waals surface area contributed by atoms with Gasteiger partial charge in [-0.05, 0) is 18.2 Å². The molecule has 1 heterocycles. The summed E-state index contributed by atoms with van der Waals surface area (Å²) in [5.41, 5.74) is 5.45. The molecule has 3 N–H and O–H groups in total. The number of carboxylic acids is 1. The van der Waals surface area contributed by atoms with Gasteiger partial charge in [0.25, 0.3) is 5.91 Å². The Bertz CT molecular complexity index is 557. The van der Waals surface area contributed by atoms with Crippen LogP contribution in [0, 0.1) is 0 Å². The monoisotopic (exact) mass is 278 g/mol. The number of nitrogens with two attached hydrogens (primary N) is 1. The summed E-state index contributed by atoms with van der Waals surface area (Å²) in [4.78, 5) is 35.7. The zero-order valence-corrected chi connectivity index (χ0v) is 10.6. The molecule has 2 rings (SSSR count). The van der Waals surface area contributed by atoms with E-state index in [1.165, 1.54) is 29.2 Å². The van der Waals surface area contributed by atoms with E-state index < -0.39 is 18.0 Å². The minimum Gasteiger partial charge on any atom is -0.478 e. The van der Waals surface area contributed by atoms with Crippen molar-refractivity contribution >= 4 is 17.8 Å². The number of hydrogen-bond donors (Lipinski definition) is 2. The van der Waals surface area contributed by atoms with Crippen molar-refractivity contribution in [1.29, 1.82) is 0 Å². The summed E-state index contributed by atoms with van der Waals surface area (Å²) in [7, 11) is 0. The van der Waals surface area contributed by atoms with Gasteiger partial charge in [0.1, 0.15) is 0 Å². The molecule has 1 aliphatic heterocycles. The molecule has 1 aromatic rings. The van der Waals surface area contributed by atoms with Gasteiger partial charge in [0.15, 0.2) is 6.10 Å². The Hall–Kier alpha value is -2.41. The molecule has 1 atom stereocenters. The van der Waals surface area contributed by atoms with Crippen molar-refractivity contribution in [2.45, 2.75) is 6.10 Å². The summed E-state index contributed by atoms with van der Waals surface area (Å²) in [6.45, 7) is 0.628. The number of carboxylic acid groups (broad SMARTS) is 1. The molecule has 1 fully saturated rings. The lowest BCUT2D eigenvalue weighted by Gasteiger charge is -2.31. The van der Waals surface area contributed by atoms with Gasteiger partial charge in [-0.15, -0.1) is 0 Å². The zero-order valence-electron chi connectivity index (χ0n) is 10.6. The Morgan fingerprint density at radius 2 is 2.00 bits per heavy atom. The third-order valence-corrected chi connectivity index (χ3v) is 3.03. The molecule has 0 saturated carbocycles. The van der Waals surface area contributed by atoms with E-state index in [0.717, 1.165) is 0 Å². The van der Waals surface area contributed by atoms with E-state index in [-0.39, 0.29) is 30.2 Å². The number of aromatic carboxylic acids is 1. The van der Waals surface area contributed by atoms with E-state index in [4.69, 9.17) is 15.6 Å². The molecule has 7 heteroatoms. The van der Waals surface area contributed by atoms with Crippen LogP contribution in [0.3, 0.4) is 0 Å². The fraction of sp³-hybridized carbons (Fsp3) is 0.308. The van der Waals surface area contributed by atoms with E-state index in [9.17, 15) is 14.4 Å². The van der Waals surface area contributed by atoms with Crippen molar-refractivity contribution in [3.63, 3.8) is 0 Å². The van der Waals surface area contributed by atoms with E-state index >= 15 is 0 Å². The van der Waals surface area contributed by atoms with Crippen molar-refractivity contribution < 1.29 is 24.2 Å². The smallest absolute Gasteiger partial charge is 0.335 e. The van der Waals surface area contributed by atoms with Gasteiger partial charge in [-0.2, -0.15) is 0 Å². The number of nitrogens with zero attached hydrogens (tertiary/aromatic N) is 1. The van der Waals surface area contributed by atoms with E-state index in [1.54, 1.807) is 0 Å². The Morgan fingerprint density at radius 3 is 2.65 bits per heavy atom. The van der Waals surface area contributed by atoms with Gasteiger partial charge in [0.2, 0.25) is 5.91 Å². The molecule has 20 heavy (non-hydrogen) atoms. The molecule has 1 aromatic carbocycles. The van der Waals surface area contributed by atoms with Crippen LogP contribution >= 0.6 is 0 Å². The van der Waals surface area contributed by atoms with Crippen LogP contribution in [0.25, 0.3) is 0 Å². The van der Waals surface area contributed by atoms with Crippen molar-refractivity contribution in [2.75, 3.05) is 19.7 Å². The standard InChI is InChI=1S/C13H14N2O5/c14-11(16)10-7-15(4-5-20-10)12(17)8-2-1-3-9(6-8)13(18)19/h1-3,6,10H,4-5,7H2,(H2,14,16)(H,18,19)/t10-/m1/s1. The Labute approximate surface area is 114 Å². The number of ether oxygens (including phenoxy) is 1. The fourth-order valence-corrected chi connectivity index (χ4v) is 1.97. The summed E-state index contributed by atoms with van der Waals surface area (Å²) < 4.78 is 5.16. The van der Waals surface area contributed by atoms with Crippen LogP contribution in [0.2, 0.25) is 0 Å². The highest BCUT2D eigenvalue weighted by Crippen LogP contribution is 2.12. The first-order valence-electron chi connectivity index (χ1n) is 6.02. The average molecular weight is 278 g/mol. The van der Waals surface area contributed by atoms with Gasteiger partial charge in [-0.25, -0.2) is 4.79 Å². The number of carbonyl (C=O) groups is 3. The second-order valence-electron chi connectivity index (χ2n) is 4.40. The molecular weight excluding hydrogens is 264 g/mol. The van der Waals surface area contributed by atoms with Crippen LogP contribution < -0.4 is 5.73 Å². The molecule has 1 aliphatic rings. The largest absolute Gasteiger partial charge is 0.478 e. The maximum Gasteiger partial charge on any atom is 0.335 e. The maximum atomic E-state index is 12.3. The lowest BCUT2D eigenvalue weighted by molar-refractivity contribution is -0.133. The van der Waals surface area contributed by atoms with E-state index in [1.807, 2.05) is 0 Å². The van der Waals surface area contributed by atoms with Crippen LogP contribution in [0.5, 0.6) is 0 Å². The zero-order chi connectivity index (χ0) is 14.7. The number of primary amides is 1. The topological polar surface area (TPSA) is 110 Å². The van der Waals surface area contributed by atoms with Gasteiger partial charge in [0, 0.05) is 12.1 Å².